The minimum atomic E-state index is -3.50. The number of ether oxygens (including phenoxy) is 2. The van der Waals surface area contributed by atoms with Gasteiger partial charge in [0.05, 0.1) is 22.9 Å². The fraction of sp³-hybridized carbons (Fsp3) is 0.387. The average Bonchev–Trinajstić information content (AvgIpc) is 3.53. The first-order chi connectivity index (χ1) is 19.1. The van der Waals surface area contributed by atoms with Crippen LogP contribution in [0.4, 0.5) is 0 Å². The standard InChI is InChI=1S/C31H34ClNO6S/c1-33(37-2)30(34)25(24-14-15-27(26(32)19-24)40(3,35)36)18-21-16-17-31(20-21)38-28(22-10-6-4-7-11-22)29(39-31)23-12-8-5-9-13-23/h4-15,19,21,25,28-29H,16-18,20H2,1-3H3/t21-,25?,28-,29-/m1/s1. The second kappa shape index (κ2) is 11.6. The molecule has 1 saturated heterocycles. The van der Waals surface area contributed by atoms with E-state index in [2.05, 4.69) is 24.3 Å². The van der Waals surface area contributed by atoms with Crippen LogP contribution in [-0.4, -0.2) is 45.6 Å². The van der Waals surface area contributed by atoms with Gasteiger partial charge in [0, 0.05) is 26.1 Å². The highest BCUT2D eigenvalue weighted by Gasteiger charge is 2.53. The third-order valence-corrected chi connectivity index (χ3v) is 9.54. The molecule has 1 aliphatic carbocycles. The number of amides is 1. The van der Waals surface area contributed by atoms with Gasteiger partial charge in [0.25, 0.3) is 5.91 Å². The Hall–Kier alpha value is -2.75. The first-order valence-electron chi connectivity index (χ1n) is 13.4. The maximum absolute atomic E-state index is 13.4. The fourth-order valence-corrected chi connectivity index (χ4v) is 7.26. The molecule has 0 aromatic heterocycles. The predicted octanol–water partition coefficient (Wildman–Crippen LogP) is 6.26. The molecular weight excluding hydrogens is 550 g/mol. The van der Waals surface area contributed by atoms with Gasteiger partial charge in [-0.25, -0.2) is 13.5 Å². The lowest BCUT2D eigenvalue weighted by Gasteiger charge is -2.26. The van der Waals surface area contributed by atoms with Gasteiger partial charge >= 0.3 is 0 Å². The van der Waals surface area contributed by atoms with Crippen LogP contribution < -0.4 is 0 Å². The molecule has 2 fully saturated rings. The third-order valence-electron chi connectivity index (χ3n) is 7.96. The molecule has 3 aromatic rings. The Morgan fingerprint density at radius 2 is 1.60 bits per heavy atom. The largest absolute Gasteiger partial charge is 0.339 e. The van der Waals surface area contributed by atoms with Gasteiger partial charge in [0.2, 0.25) is 0 Å². The van der Waals surface area contributed by atoms with E-state index in [0.29, 0.717) is 24.8 Å². The highest BCUT2D eigenvalue weighted by molar-refractivity contribution is 7.90. The summed E-state index contributed by atoms with van der Waals surface area (Å²) in [7, 11) is -0.493. The van der Waals surface area contributed by atoms with E-state index in [1.54, 1.807) is 19.2 Å². The van der Waals surface area contributed by atoms with Crippen LogP contribution in [0.25, 0.3) is 0 Å². The summed E-state index contributed by atoms with van der Waals surface area (Å²) in [6.07, 6.45) is 3.29. The molecular formula is C31H34ClNO6S. The molecule has 5 rings (SSSR count). The van der Waals surface area contributed by atoms with Gasteiger partial charge in [-0.15, -0.1) is 0 Å². The molecule has 3 aromatic carbocycles. The number of sulfone groups is 1. The van der Waals surface area contributed by atoms with Gasteiger partial charge in [-0.3, -0.25) is 9.63 Å². The molecule has 0 N–H and O–H groups in total. The third kappa shape index (κ3) is 5.97. The van der Waals surface area contributed by atoms with Crippen molar-refractivity contribution in [1.82, 2.24) is 5.06 Å². The molecule has 2 aliphatic rings. The summed E-state index contributed by atoms with van der Waals surface area (Å²) in [6.45, 7) is 0. The number of benzene rings is 3. The average molecular weight is 584 g/mol. The highest BCUT2D eigenvalue weighted by Crippen LogP contribution is 2.55. The maximum Gasteiger partial charge on any atom is 0.253 e. The zero-order valence-electron chi connectivity index (χ0n) is 22.8. The zero-order chi connectivity index (χ0) is 28.5. The number of hydrogen-bond donors (Lipinski definition) is 0. The Morgan fingerprint density at radius 3 is 2.10 bits per heavy atom. The van der Waals surface area contributed by atoms with Gasteiger partial charge in [-0.05, 0) is 47.6 Å². The number of carbonyl (C=O) groups excluding carboxylic acids is 1. The molecule has 7 nitrogen and oxygen atoms in total. The molecule has 9 heteroatoms. The van der Waals surface area contributed by atoms with Gasteiger partial charge in [-0.1, -0.05) is 78.3 Å². The van der Waals surface area contributed by atoms with E-state index in [1.807, 2.05) is 36.4 Å². The van der Waals surface area contributed by atoms with Crippen molar-refractivity contribution in [2.24, 2.45) is 5.92 Å². The number of hydroxylamine groups is 2. The van der Waals surface area contributed by atoms with Gasteiger partial charge in [0.15, 0.2) is 15.6 Å². The van der Waals surface area contributed by atoms with E-state index >= 15 is 0 Å². The topological polar surface area (TPSA) is 82.1 Å². The number of halogens is 1. The molecule has 1 heterocycles. The van der Waals surface area contributed by atoms with Crippen LogP contribution in [0, 0.1) is 5.92 Å². The minimum absolute atomic E-state index is 0.0377. The lowest BCUT2D eigenvalue weighted by molar-refractivity contribution is -0.175. The molecule has 1 aliphatic heterocycles. The van der Waals surface area contributed by atoms with Gasteiger partial charge in [0.1, 0.15) is 12.2 Å². The van der Waals surface area contributed by atoms with E-state index in [-0.39, 0.29) is 34.0 Å². The SMILES string of the molecule is CON(C)C(=O)C(C[C@H]1CCC2(C1)O[C@H](c1ccccc1)[C@@H](c1ccccc1)O2)c1ccc(S(C)(=O)=O)c(Cl)c1. The fourth-order valence-electron chi connectivity index (χ4n) is 5.93. The molecule has 1 amide bonds. The first kappa shape index (κ1) is 28.8. The van der Waals surface area contributed by atoms with E-state index < -0.39 is 21.5 Å². The van der Waals surface area contributed by atoms with Crippen LogP contribution in [0.1, 0.15) is 60.5 Å². The smallest absolute Gasteiger partial charge is 0.253 e. The molecule has 1 saturated carbocycles. The predicted molar refractivity (Wildman–Crippen MR) is 152 cm³/mol. The number of likely N-dealkylation sites (N-methyl/N-ethyl adjacent to an activating group) is 1. The Balaban J connectivity index is 1.40. The van der Waals surface area contributed by atoms with E-state index in [4.69, 9.17) is 25.9 Å². The highest BCUT2D eigenvalue weighted by atomic mass is 35.5. The molecule has 1 unspecified atom stereocenters. The summed E-state index contributed by atoms with van der Waals surface area (Å²) in [4.78, 5) is 18.7. The Kier molecular flexibility index (Phi) is 8.36. The second-order valence-corrected chi connectivity index (χ2v) is 13.1. The number of nitrogens with zero attached hydrogens (tertiary/aromatic N) is 1. The Morgan fingerprint density at radius 1 is 1.02 bits per heavy atom. The zero-order valence-corrected chi connectivity index (χ0v) is 24.4. The van der Waals surface area contributed by atoms with Crippen LogP contribution in [0.5, 0.6) is 0 Å². The number of carbonyl (C=O) groups is 1. The van der Waals surface area contributed by atoms with Crippen molar-refractivity contribution < 1.29 is 27.5 Å². The van der Waals surface area contributed by atoms with Crippen molar-refractivity contribution in [2.45, 2.75) is 54.5 Å². The van der Waals surface area contributed by atoms with E-state index in [0.717, 1.165) is 23.8 Å². The maximum atomic E-state index is 13.4. The van der Waals surface area contributed by atoms with E-state index in [9.17, 15) is 13.2 Å². The molecule has 1 spiro atoms. The monoisotopic (exact) mass is 583 g/mol. The quantitative estimate of drug-likeness (QED) is 0.291. The van der Waals surface area contributed by atoms with Gasteiger partial charge < -0.3 is 9.47 Å². The summed E-state index contributed by atoms with van der Waals surface area (Å²) in [5.74, 6) is -1.44. The number of hydrogen-bond acceptors (Lipinski definition) is 6. The van der Waals surface area contributed by atoms with Gasteiger partial charge in [-0.2, -0.15) is 0 Å². The normalized spacial score (nSPS) is 22.9. The molecule has 0 radical (unpaired) electrons. The summed E-state index contributed by atoms with van der Waals surface area (Å²) in [5.41, 5.74) is 2.77. The molecule has 0 bridgehead atoms. The van der Waals surface area contributed by atoms with Crippen LogP contribution in [0.2, 0.25) is 5.02 Å². The van der Waals surface area contributed by atoms with Crippen LogP contribution >= 0.6 is 11.6 Å². The lowest BCUT2D eigenvalue weighted by Crippen LogP contribution is -2.32. The van der Waals surface area contributed by atoms with Crippen molar-refractivity contribution in [3.8, 4) is 0 Å². The lowest BCUT2D eigenvalue weighted by atomic mass is 9.87. The summed E-state index contributed by atoms with van der Waals surface area (Å²) >= 11 is 6.36. The van der Waals surface area contributed by atoms with Crippen molar-refractivity contribution in [3.63, 3.8) is 0 Å². The van der Waals surface area contributed by atoms with Crippen LogP contribution in [0.3, 0.4) is 0 Å². The second-order valence-electron chi connectivity index (χ2n) is 10.7. The summed E-state index contributed by atoms with van der Waals surface area (Å²) < 4.78 is 37.7. The van der Waals surface area contributed by atoms with Crippen LogP contribution in [0.15, 0.2) is 83.8 Å². The Bertz CT molecular complexity index is 1400. The van der Waals surface area contributed by atoms with Crippen molar-refractivity contribution >= 4 is 27.3 Å². The minimum Gasteiger partial charge on any atom is -0.339 e. The van der Waals surface area contributed by atoms with Crippen molar-refractivity contribution in [3.05, 3.63) is 101 Å². The van der Waals surface area contributed by atoms with Crippen molar-refractivity contribution in [2.75, 3.05) is 20.4 Å². The number of rotatable bonds is 8. The Labute approximate surface area is 240 Å². The summed E-state index contributed by atoms with van der Waals surface area (Å²) in [5, 5.41) is 1.30. The van der Waals surface area contributed by atoms with Crippen molar-refractivity contribution in [1.29, 1.82) is 0 Å². The summed E-state index contributed by atoms with van der Waals surface area (Å²) in [6, 6.07) is 25.0. The molecule has 40 heavy (non-hydrogen) atoms. The molecule has 212 valence electrons. The molecule has 4 atom stereocenters. The van der Waals surface area contributed by atoms with E-state index in [1.165, 1.54) is 18.2 Å². The van der Waals surface area contributed by atoms with Crippen LogP contribution in [-0.2, 0) is 28.9 Å². The first-order valence-corrected chi connectivity index (χ1v) is 15.6.